The molecule has 9 nitrogen and oxygen atoms in total. The summed E-state index contributed by atoms with van der Waals surface area (Å²) in [6.45, 7) is 5.49. The molecule has 1 aliphatic heterocycles. The summed E-state index contributed by atoms with van der Waals surface area (Å²) in [4.78, 5) is 23.1. The van der Waals surface area contributed by atoms with Gasteiger partial charge in [-0.3, -0.25) is 14.9 Å². The Kier molecular flexibility index (Phi) is 10.2. The highest BCUT2D eigenvalue weighted by Gasteiger charge is 2.29. The lowest BCUT2D eigenvalue weighted by Crippen LogP contribution is -2.40. The Bertz CT molecular complexity index is 855. The maximum absolute atomic E-state index is 12.8. The molecule has 2 rings (SSSR count). The minimum absolute atomic E-state index is 0.0827. The number of nitro groups is 1. The lowest BCUT2D eigenvalue weighted by atomic mass is 10.0. The molecule has 0 aromatic heterocycles. The van der Waals surface area contributed by atoms with Crippen molar-refractivity contribution in [1.29, 1.82) is 0 Å². The van der Waals surface area contributed by atoms with Gasteiger partial charge in [-0.15, -0.1) is 11.8 Å². The lowest BCUT2D eigenvalue weighted by molar-refractivity contribution is -0.388. The van der Waals surface area contributed by atoms with E-state index in [1.165, 1.54) is 16.4 Å². The second-order valence-corrected chi connectivity index (χ2v) is 10.2. The van der Waals surface area contributed by atoms with Gasteiger partial charge in [-0.1, -0.05) is 33.1 Å². The third kappa shape index (κ3) is 7.44. The van der Waals surface area contributed by atoms with Gasteiger partial charge >= 0.3 is 5.97 Å². The number of unbranched alkanes of at least 4 members (excludes halogenated alkanes) is 1. The molecular formula is C20H30N2O7S2. The molecule has 1 heterocycles. The number of hydrogen-bond donors (Lipinski definition) is 0. The second kappa shape index (κ2) is 12.4. The van der Waals surface area contributed by atoms with Crippen molar-refractivity contribution < 1.29 is 27.6 Å². The van der Waals surface area contributed by atoms with E-state index in [-0.39, 0.29) is 47.5 Å². The Balaban J connectivity index is 2.03. The van der Waals surface area contributed by atoms with Gasteiger partial charge in [0.05, 0.1) is 40.3 Å². The van der Waals surface area contributed by atoms with Gasteiger partial charge in [0.25, 0.3) is 5.69 Å². The van der Waals surface area contributed by atoms with E-state index in [0.29, 0.717) is 12.5 Å². The standard InChI is InChI=1S/C20H30N2O7S2/c1-3-5-6-16(4-2)14-29-20(23)15-30-19-8-7-17(13-18(19)22(24)25)31(26,27)21-9-11-28-12-10-21/h7-8,13,16H,3-6,9-12,14-15H2,1-2H3/t16-/m0/s1. The first-order valence-corrected chi connectivity index (χ1v) is 12.9. The molecule has 0 saturated carbocycles. The molecule has 0 aliphatic carbocycles. The number of rotatable bonds is 12. The van der Waals surface area contributed by atoms with E-state index >= 15 is 0 Å². The monoisotopic (exact) mass is 474 g/mol. The number of nitro benzene ring substituents is 1. The van der Waals surface area contributed by atoms with Crippen molar-refractivity contribution in [3.05, 3.63) is 28.3 Å². The molecule has 31 heavy (non-hydrogen) atoms. The molecular weight excluding hydrogens is 444 g/mol. The lowest BCUT2D eigenvalue weighted by Gasteiger charge is -2.26. The van der Waals surface area contributed by atoms with Crippen molar-refractivity contribution in [1.82, 2.24) is 4.31 Å². The zero-order valence-corrected chi connectivity index (χ0v) is 19.6. The summed E-state index contributed by atoms with van der Waals surface area (Å²) in [5.74, 6) is -0.215. The number of thioether (sulfide) groups is 1. The summed E-state index contributed by atoms with van der Waals surface area (Å²) in [6.07, 6.45) is 4.08. The van der Waals surface area contributed by atoms with E-state index in [4.69, 9.17) is 9.47 Å². The van der Waals surface area contributed by atoms with Crippen molar-refractivity contribution >= 4 is 33.4 Å². The van der Waals surface area contributed by atoms with Crippen molar-refractivity contribution in [3.63, 3.8) is 0 Å². The van der Waals surface area contributed by atoms with Crippen molar-refractivity contribution in [2.24, 2.45) is 5.92 Å². The summed E-state index contributed by atoms with van der Waals surface area (Å²) in [7, 11) is -3.85. The minimum atomic E-state index is -3.85. The maximum atomic E-state index is 12.8. The van der Waals surface area contributed by atoms with Crippen molar-refractivity contribution in [3.8, 4) is 0 Å². The van der Waals surface area contributed by atoms with E-state index in [1.54, 1.807) is 0 Å². The van der Waals surface area contributed by atoms with Gasteiger partial charge in [-0.25, -0.2) is 8.42 Å². The number of nitrogens with zero attached hydrogens (tertiary/aromatic N) is 2. The van der Waals surface area contributed by atoms with Crippen LogP contribution in [0.1, 0.15) is 39.5 Å². The molecule has 1 saturated heterocycles. The average Bonchev–Trinajstić information content (AvgIpc) is 2.78. The summed E-state index contributed by atoms with van der Waals surface area (Å²) in [6, 6.07) is 3.76. The van der Waals surface area contributed by atoms with Crippen molar-refractivity contribution in [2.45, 2.75) is 49.3 Å². The van der Waals surface area contributed by atoms with Crippen LogP contribution in [0.15, 0.2) is 28.0 Å². The number of carbonyl (C=O) groups excluding carboxylic acids is 1. The third-order valence-electron chi connectivity index (χ3n) is 5.10. The highest BCUT2D eigenvalue weighted by atomic mass is 32.2. The van der Waals surface area contributed by atoms with Gasteiger partial charge in [0.15, 0.2) is 0 Å². The summed E-state index contributed by atoms with van der Waals surface area (Å²) < 4.78 is 37.3. The Morgan fingerprint density at radius 2 is 2.03 bits per heavy atom. The average molecular weight is 475 g/mol. The van der Waals surface area contributed by atoms with Gasteiger partial charge in [0.2, 0.25) is 10.0 Å². The van der Waals surface area contributed by atoms with E-state index < -0.39 is 20.9 Å². The molecule has 174 valence electrons. The zero-order chi connectivity index (χ0) is 22.9. The van der Waals surface area contributed by atoms with E-state index in [1.807, 2.05) is 0 Å². The maximum Gasteiger partial charge on any atom is 0.316 e. The molecule has 11 heteroatoms. The molecule has 0 bridgehead atoms. The van der Waals surface area contributed by atoms with Gasteiger partial charge in [0, 0.05) is 19.2 Å². The fourth-order valence-electron chi connectivity index (χ4n) is 3.15. The molecule has 1 atom stereocenters. The number of ether oxygens (including phenoxy) is 2. The SMILES string of the molecule is CCCC[C@H](CC)COC(=O)CSc1ccc(S(=O)(=O)N2CCOCC2)cc1[N+](=O)[O-]. The molecule has 1 aromatic rings. The molecule has 1 aromatic carbocycles. The van der Waals surface area contributed by atoms with Gasteiger partial charge in [0.1, 0.15) is 0 Å². The predicted octanol–water partition coefficient (Wildman–Crippen LogP) is 3.47. The predicted molar refractivity (Wildman–Crippen MR) is 118 cm³/mol. The Morgan fingerprint density at radius 1 is 1.32 bits per heavy atom. The van der Waals surface area contributed by atoms with Crippen molar-refractivity contribution in [2.75, 3.05) is 38.7 Å². The minimum Gasteiger partial charge on any atom is -0.465 e. The van der Waals surface area contributed by atoms with Crippen LogP contribution in [0, 0.1) is 16.0 Å². The second-order valence-electron chi connectivity index (χ2n) is 7.29. The van der Waals surface area contributed by atoms with Gasteiger partial charge in [-0.05, 0) is 24.5 Å². The van der Waals surface area contributed by atoms with Crippen LogP contribution in [0.5, 0.6) is 0 Å². The molecule has 1 fully saturated rings. The van der Waals surface area contributed by atoms with Crippen LogP contribution < -0.4 is 0 Å². The molecule has 0 amide bonds. The zero-order valence-electron chi connectivity index (χ0n) is 17.9. The van der Waals surface area contributed by atoms with Crippen LogP contribution in [0.25, 0.3) is 0 Å². The molecule has 0 unspecified atom stereocenters. The van der Waals surface area contributed by atoms with E-state index in [9.17, 15) is 23.3 Å². The largest absolute Gasteiger partial charge is 0.465 e. The first-order valence-electron chi connectivity index (χ1n) is 10.4. The topological polar surface area (TPSA) is 116 Å². The number of sulfonamides is 1. The summed E-state index contributed by atoms with van der Waals surface area (Å²) >= 11 is 0.971. The molecule has 0 N–H and O–H groups in total. The molecule has 1 aliphatic rings. The summed E-state index contributed by atoms with van der Waals surface area (Å²) in [5.41, 5.74) is -0.346. The van der Waals surface area contributed by atoms with E-state index in [0.717, 1.165) is 43.5 Å². The third-order valence-corrected chi connectivity index (χ3v) is 8.03. The van der Waals surface area contributed by atoms with Crippen LogP contribution >= 0.6 is 11.8 Å². The normalized spacial score (nSPS) is 16.1. The Hall–Kier alpha value is -1.69. The van der Waals surface area contributed by atoms with Gasteiger partial charge < -0.3 is 9.47 Å². The van der Waals surface area contributed by atoms with Crippen LogP contribution in [0.2, 0.25) is 0 Å². The molecule has 0 radical (unpaired) electrons. The number of esters is 1. The van der Waals surface area contributed by atoms with Crippen LogP contribution in [0.3, 0.4) is 0 Å². The first-order chi connectivity index (χ1) is 14.8. The first kappa shape index (κ1) is 25.6. The highest BCUT2D eigenvalue weighted by Crippen LogP contribution is 2.32. The van der Waals surface area contributed by atoms with E-state index in [2.05, 4.69) is 13.8 Å². The number of hydrogen-bond acceptors (Lipinski definition) is 8. The summed E-state index contributed by atoms with van der Waals surface area (Å²) in [5, 5.41) is 11.5. The van der Waals surface area contributed by atoms with Crippen LogP contribution in [-0.2, 0) is 24.3 Å². The number of benzene rings is 1. The van der Waals surface area contributed by atoms with Gasteiger partial charge in [-0.2, -0.15) is 4.31 Å². The quantitative estimate of drug-likeness (QED) is 0.196. The smallest absolute Gasteiger partial charge is 0.316 e. The number of carbonyl (C=O) groups is 1. The fraction of sp³-hybridized carbons (Fsp3) is 0.650. The van der Waals surface area contributed by atoms with Crippen LogP contribution in [-0.4, -0.2) is 62.3 Å². The Labute approximate surface area is 187 Å². The number of morpholine rings is 1. The molecule has 0 spiro atoms. The fourth-order valence-corrected chi connectivity index (χ4v) is 5.38. The Morgan fingerprint density at radius 3 is 2.65 bits per heavy atom. The van der Waals surface area contributed by atoms with Crippen LogP contribution in [0.4, 0.5) is 5.69 Å². The highest BCUT2D eigenvalue weighted by molar-refractivity contribution is 8.00.